The number of amides is 1. The fourth-order valence-corrected chi connectivity index (χ4v) is 3.56. The number of aromatic nitrogens is 1. The molecule has 1 fully saturated rings. The molecule has 1 atom stereocenters. The van der Waals surface area contributed by atoms with Crippen molar-refractivity contribution in [2.45, 2.75) is 78.8 Å². The molecule has 0 bridgehead atoms. The summed E-state index contributed by atoms with van der Waals surface area (Å²) >= 11 is 0. The number of unbranched alkanes of at least 4 members (excludes halogenated alkanes) is 2. The van der Waals surface area contributed by atoms with Crippen molar-refractivity contribution in [3.05, 3.63) is 23.0 Å². The van der Waals surface area contributed by atoms with Crippen LogP contribution in [0.25, 0.3) is 0 Å². The zero-order valence-corrected chi connectivity index (χ0v) is 15.9. The highest BCUT2D eigenvalue weighted by atomic mass is 16.5. The molecular formula is C20H34N2O2. The number of ether oxygens (including phenoxy) is 1. The molecule has 2 rings (SSSR count). The predicted molar refractivity (Wildman–Crippen MR) is 98.5 cm³/mol. The lowest BCUT2D eigenvalue weighted by atomic mass is 10.0. The van der Waals surface area contributed by atoms with Gasteiger partial charge in [0.15, 0.2) is 0 Å². The van der Waals surface area contributed by atoms with Gasteiger partial charge in [0, 0.05) is 37.2 Å². The zero-order chi connectivity index (χ0) is 17.5. The van der Waals surface area contributed by atoms with E-state index in [1.807, 2.05) is 6.07 Å². The Bertz CT molecular complexity index is 530. The van der Waals surface area contributed by atoms with E-state index in [0.717, 1.165) is 43.9 Å². The van der Waals surface area contributed by atoms with Gasteiger partial charge < -0.3 is 14.6 Å². The molecule has 1 amide bonds. The van der Waals surface area contributed by atoms with Crippen LogP contribution >= 0.6 is 0 Å². The number of hydrogen-bond acceptors (Lipinski definition) is 2. The molecule has 1 N–H and O–H groups in total. The Balaban J connectivity index is 1.98. The summed E-state index contributed by atoms with van der Waals surface area (Å²) in [5.41, 5.74) is 3.12. The van der Waals surface area contributed by atoms with Gasteiger partial charge in [-0.3, -0.25) is 4.79 Å². The molecule has 0 aromatic carbocycles. The lowest BCUT2D eigenvalue weighted by Gasteiger charge is -2.23. The first-order valence-corrected chi connectivity index (χ1v) is 9.58. The van der Waals surface area contributed by atoms with Gasteiger partial charge in [-0.15, -0.1) is 0 Å². The Hall–Kier alpha value is -1.29. The van der Waals surface area contributed by atoms with Crippen LogP contribution in [0, 0.1) is 19.8 Å². The molecule has 136 valence electrons. The Morgan fingerprint density at radius 2 is 2.04 bits per heavy atom. The second kappa shape index (κ2) is 9.26. The molecule has 0 saturated carbocycles. The molecule has 0 aliphatic carbocycles. The minimum Gasteiger partial charge on any atom is -0.381 e. The van der Waals surface area contributed by atoms with Gasteiger partial charge in [0.25, 0.3) is 5.91 Å². The topological polar surface area (TPSA) is 43.3 Å². The van der Waals surface area contributed by atoms with Crippen molar-refractivity contribution in [2.75, 3.05) is 13.2 Å². The number of carbonyl (C=O) groups excluding carboxylic acids is 1. The summed E-state index contributed by atoms with van der Waals surface area (Å²) in [6, 6.07) is 2.30. The molecule has 0 spiro atoms. The number of rotatable bonds is 8. The van der Waals surface area contributed by atoms with E-state index in [1.54, 1.807) is 0 Å². The van der Waals surface area contributed by atoms with E-state index in [1.165, 1.54) is 31.4 Å². The van der Waals surface area contributed by atoms with Gasteiger partial charge in [0.2, 0.25) is 0 Å². The maximum absolute atomic E-state index is 12.6. The third-order valence-corrected chi connectivity index (χ3v) is 5.17. The summed E-state index contributed by atoms with van der Waals surface area (Å²) in [6.07, 6.45) is 6.97. The monoisotopic (exact) mass is 334 g/mol. The third-order valence-electron chi connectivity index (χ3n) is 5.17. The molecule has 4 heteroatoms. The van der Waals surface area contributed by atoms with Crippen molar-refractivity contribution in [1.82, 2.24) is 9.88 Å². The van der Waals surface area contributed by atoms with Gasteiger partial charge in [0.1, 0.15) is 0 Å². The molecule has 4 nitrogen and oxygen atoms in total. The molecule has 1 aliphatic heterocycles. The van der Waals surface area contributed by atoms with Gasteiger partial charge in [-0.05, 0) is 45.1 Å². The van der Waals surface area contributed by atoms with Crippen molar-refractivity contribution in [3.63, 3.8) is 0 Å². The molecule has 1 saturated heterocycles. The fourth-order valence-electron chi connectivity index (χ4n) is 3.56. The van der Waals surface area contributed by atoms with Crippen LogP contribution in [0.4, 0.5) is 0 Å². The van der Waals surface area contributed by atoms with Crippen LogP contribution in [0.15, 0.2) is 6.07 Å². The first-order chi connectivity index (χ1) is 11.5. The largest absolute Gasteiger partial charge is 0.381 e. The van der Waals surface area contributed by atoms with Crippen molar-refractivity contribution in [3.8, 4) is 0 Å². The first-order valence-electron chi connectivity index (χ1n) is 9.58. The van der Waals surface area contributed by atoms with Crippen molar-refractivity contribution in [1.29, 1.82) is 0 Å². The molecule has 1 aliphatic rings. The van der Waals surface area contributed by atoms with Crippen LogP contribution < -0.4 is 5.32 Å². The van der Waals surface area contributed by atoms with Crippen LogP contribution in [0.3, 0.4) is 0 Å². The number of carbonyl (C=O) groups is 1. The molecule has 0 radical (unpaired) electrons. The summed E-state index contributed by atoms with van der Waals surface area (Å²) in [5.74, 6) is 0.715. The molecular weight excluding hydrogens is 300 g/mol. The summed E-state index contributed by atoms with van der Waals surface area (Å²) in [6.45, 7) is 11.2. The highest BCUT2D eigenvalue weighted by Crippen LogP contribution is 2.20. The Kier molecular flexibility index (Phi) is 7.35. The molecule has 24 heavy (non-hydrogen) atoms. The highest BCUT2D eigenvalue weighted by Gasteiger charge is 2.21. The Morgan fingerprint density at radius 1 is 1.33 bits per heavy atom. The predicted octanol–water partition coefficient (Wildman–Crippen LogP) is 4.23. The highest BCUT2D eigenvalue weighted by molar-refractivity contribution is 5.95. The maximum Gasteiger partial charge on any atom is 0.253 e. The third kappa shape index (κ3) is 5.10. The van der Waals surface area contributed by atoms with E-state index in [4.69, 9.17) is 4.74 Å². The summed E-state index contributed by atoms with van der Waals surface area (Å²) in [7, 11) is 0. The quantitative estimate of drug-likeness (QED) is 0.723. The zero-order valence-electron chi connectivity index (χ0n) is 15.9. The SMILES string of the molecule is CCCCCC(C)Cn1c(C)cc(C(=O)NC2CCOCC2)c1C. The van der Waals surface area contributed by atoms with E-state index in [9.17, 15) is 4.79 Å². The second-order valence-corrected chi connectivity index (χ2v) is 7.36. The molecule has 2 heterocycles. The van der Waals surface area contributed by atoms with Gasteiger partial charge in [-0.1, -0.05) is 33.1 Å². The minimum absolute atomic E-state index is 0.0693. The van der Waals surface area contributed by atoms with Gasteiger partial charge >= 0.3 is 0 Å². The van der Waals surface area contributed by atoms with E-state index in [2.05, 4.69) is 37.6 Å². The molecule has 1 aromatic rings. The second-order valence-electron chi connectivity index (χ2n) is 7.36. The number of nitrogens with one attached hydrogen (secondary N) is 1. The average molecular weight is 335 g/mol. The smallest absolute Gasteiger partial charge is 0.253 e. The van der Waals surface area contributed by atoms with E-state index < -0.39 is 0 Å². The summed E-state index contributed by atoms with van der Waals surface area (Å²) in [4.78, 5) is 12.6. The van der Waals surface area contributed by atoms with Gasteiger partial charge in [-0.2, -0.15) is 0 Å². The normalized spacial score (nSPS) is 17.0. The lowest BCUT2D eigenvalue weighted by Crippen LogP contribution is -2.39. The lowest BCUT2D eigenvalue weighted by molar-refractivity contribution is 0.0696. The number of aryl methyl sites for hydroxylation is 1. The van der Waals surface area contributed by atoms with Crippen LogP contribution in [0.5, 0.6) is 0 Å². The number of hydrogen-bond donors (Lipinski definition) is 1. The Labute approximate surface area is 147 Å². The van der Waals surface area contributed by atoms with Crippen LogP contribution in [0.2, 0.25) is 0 Å². The number of nitrogens with zero attached hydrogens (tertiary/aromatic N) is 1. The van der Waals surface area contributed by atoms with Gasteiger partial charge in [-0.25, -0.2) is 0 Å². The fraction of sp³-hybridized carbons (Fsp3) is 0.750. The summed E-state index contributed by atoms with van der Waals surface area (Å²) < 4.78 is 7.68. The first kappa shape index (κ1) is 19.0. The van der Waals surface area contributed by atoms with E-state index in [0.29, 0.717) is 5.92 Å². The minimum atomic E-state index is 0.0693. The van der Waals surface area contributed by atoms with E-state index in [-0.39, 0.29) is 11.9 Å². The van der Waals surface area contributed by atoms with E-state index >= 15 is 0 Å². The molecule has 1 aromatic heterocycles. The molecule has 1 unspecified atom stereocenters. The van der Waals surface area contributed by atoms with Crippen molar-refractivity contribution < 1.29 is 9.53 Å². The standard InChI is InChI=1S/C20H34N2O2/c1-5-6-7-8-15(2)14-22-16(3)13-19(17(22)4)20(23)21-18-9-11-24-12-10-18/h13,15,18H,5-12,14H2,1-4H3,(H,21,23). The average Bonchev–Trinajstić information content (AvgIpc) is 2.84. The maximum atomic E-state index is 12.6. The Morgan fingerprint density at radius 3 is 2.71 bits per heavy atom. The van der Waals surface area contributed by atoms with Gasteiger partial charge in [0.05, 0.1) is 5.56 Å². The van der Waals surface area contributed by atoms with Crippen LogP contribution in [-0.4, -0.2) is 29.7 Å². The van der Waals surface area contributed by atoms with Crippen LogP contribution in [-0.2, 0) is 11.3 Å². The van der Waals surface area contributed by atoms with Crippen LogP contribution in [0.1, 0.15) is 74.1 Å². The van der Waals surface area contributed by atoms with Crippen molar-refractivity contribution in [2.24, 2.45) is 5.92 Å². The summed E-state index contributed by atoms with van der Waals surface area (Å²) in [5, 5.41) is 3.18. The van der Waals surface area contributed by atoms with Crippen molar-refractivity contribution >= 4 is 5.91 Å².